The molecular formula is C12H15ClN2O4S. The highest BCUT2D eigenvalue weighted by Crippen LogP contribution is 2.29. The van der Waals surface area contributed by atoms with E-state index in [1.807, 2.05) is 0 Å². The van der Waals surface area contributed by atoms with Crippen LogP contribution in [0.2, 0.25) is 5.02 Å². The molecule has 1 aromatic heterocycles. The Kier molecular flexibility index (Phi) is 4.22. The van der Waals surface area contributed by atoms with Gasteiger partial charge >= 0.3 is 0 Å². The number of rotatable bonds is 5. The Morgan fingerprint density at radius 1 is 1.50 bits per heavy atom. The fraction of sp³-hybridized carbons (Fsp3) is 0.417. The van der Waals surface area contributed by atoms with E-state index in [1.54, 1.807) is 25.1 Å². The van der Waals surface area contributed by atoms with Gasteiger partial charge in [0.15, 0.2) is 11.4 Å². The van der Waals surface area contributed by atoms with Crippen LogP contribution >= 0.6 is 11.6 Å². The number of hydrogen-bond acceptors (Lipinski definition) is 5. The van der Waals surface area contributed by atoms with Crippen LogP contribution in [0.15, 0.2) is 22.7 Å². The number of ether oxygens (including phenoxy) is 1. The van der Waals surface area contributed by atoms with Crippen LogP contribution < -0.4 is 4.31 Å². The third-order valence-corrected chi connectivity index (χ3v) is 5.11. The van der Waals surface area contributed by atoms with Gasteiger partial charge in [-0.3, -0.25) is 4.31 Å². The van der Waals surface area contributed by atoms with Crippen LogP contribution in [0, 0.1) is 0 Å². The summed E-state index contributed by atoms with van der Waals surface area (Å²) < 4.78 is 35.7. The van der Waals surface area contributed by atoms with E-state index in [0.717, 1.165) is 4.31 Å². The van der Waals surface area contributed by atoms with E-state index < -0.39 is 16.1 Å². The van der Waals surface area contributed by atoms with Gasteiger partial charge in [-0.2, -0.15) is 0 Å². The number of benzene rings is 1. The summed E-state index contributed by atoms with van der Waals surface area (Å²) in [6.07, 6.45) is -0.413. The Morgan fingerprint density at radius 3 is 2.85 bits per heavy atom. The number of sulfonamides is 1. The zero-order valence-electron chi connectivity index (χ0n) is 11.3. The number of hydrogen-bond donors (Lipinski definition) is 0. The molecule has 0 saturated carbocycles. The van der Waals surface area contributed by atoms with Gasteiger partial charge in [-0.1, -0.05) is 16.8 Å². The van der Waals surface area contributed by atoms with E-state index in [2.05, 4.69) is 5.16 Å². The molecule has 0 amide bonds. The van der Waals surface area contributed by atoms with Crippen LogP contribution in [0.4, 0.5) is 5.82 Å². The molecule has 1 atom stereocenters. The average Bonchev–Trinajstić information content (AvgIpc) is 2.79. The molecule has 1 unspecified atom stereocenters. The number of anilines is 1. The van der Waals surface area contributed by atoms with Crippen molar-refractivity contribution < 1.29 is 17.7 Å². The SMILES string of the molecule is COC(C)CS(=O)(=O)N(C)c1noc2ccc(Cl)cc12. The normalized spacial score (nSPS) is 13.6. The molecule has 6 nitrogen and oxygen atoms in total. The van der Waals surface area contributed by atoms with Crippen molar-refractivity contribution in [3.63, 3.8) is 0 Å². The maximum atomic E-state index is 12.3. The summed E-state index contributed by atoms with van der Waals surface area (Å²) in [5.41, 5.74) is 0.478. The van der Waals surface area contributed by atoms with Crippen LogP contribution in [0.3, 0.4) is 0 Å². The molecule has 2 rings (SSSR count). The monoisotopic (exact) mass is 318 g/mol. The second-order valence-electron chi connectivity index (χ2n) is 4.44. The van der Waals surface area contributed by atoms with Crippen LogP contribution in [-0.2, 0) is 14.8 Å². The van der Waals surface area contributed by atoms with Crippen molar-refractivity contribution in [2.45, 2.75) is 13.0 Å². The summed E-state index contributed by atoms with van der Waals surface area (Å²) in [4.78, 5) is 0. The lowest BCUT2D eigenvalue weighted by Gasteiger charge is -2.18. The molecule has 1 aromatic carbocycles. The molecule has 0 spiro atoms. The van der Waals surface area contributed by atoms with Crippen molar-refractivity contribution in [1.82, 2.24) is 5.16 Å². The number of halogens is 1. The predicted octanol–water partition coefficient (Wildman–Crippen LogP) is 2.28. The molecule has 8 heteroatoms. The zero-order valence-corrected chi connectivity index (χ0v) is 12.9. The van der Waals surface area contributed by atoms with Gasteiger partial charge in [0, 0.05) is 19.2 Å². The molecule has 0 radical (unpaired) electrons. The van der Waals surface area contributed by atoms with Crippen LogP contribution in [0.5, 0.6) is 0 Å². The summed E-state index contributed by atoms with van der Waals surface area (Å²) in [7, 11) is -0.666. The smallest absolute Gasteiger partial charge is 0.238 e. The number of nitrogens with zero attached hydrogens (tertiary/aromatic N) is 2. The van der Waals surface area contributed by atoms with Crippen LogP contribution in [0.1, 0.15) is 6.92 Å². The van der Waals surface area contributed by atoms with Gasteiger partial charge in [0.2, 0.25) is 10.0 Å². The average molecular weight is 319 g/mol. The lowest BCUT2D eigenvalue weighted by Crippen LogP contribution is -2.34. The van der Waals surface area contributed by atoms with E-state index in [-0.39, 0.29) is 11.6 Å². The molecule has 0 saturated heterocycles. The van der Waals surface area contributed by atoms with Crippen molar-refractivity contribution in [1.29, 1.82) is 0 Å². The van der Waals surface area contributed by atoms with Gasteiger partial charge in [-0.05, 0) is 25.1 Å². The summed E-state index contributed by atoms with van der Waals surface area (Å²) in [6, 6.07) is 4.92. The summed E-state index contributed by atoms with van der Waals surface area (Å²) in [6.45, 7) is 1.68. The standard InChI is InChI=1S/C12H15ClN2O4S/c1-8(18-3)7-20(16,17)15(2)12-10-6-9(13)4-5-11(10)19-14-12/h4-6,8H,7H2,1-3H3. The summed E-state index contributed by atoms with van der Waals surface area (Å²) >= 11 is 5.92. The molecular weight excluding hydrogens is 304 g/mol. The minimum absolute atomic E-state index is 0.144. The van der Waals surface area contributed by atoms with Crippen LogP contribution in [-0.4, -0.2) is 39.6 Å². The fourth-order valence-corrected chi connectivity index (χ4v) is 3.25. The van der Waals surface area contributed by atoms with Crippen molar-refractivity contribution >= 4 is 38.4 Å². The third kappa shape index (κ3) is 2.89. The highest BCUT2D eigenvalue weighted by Gasteiger charge is 2.25. The predicted molar refractivity (Wildman–Crippen MR) is 77.7 cm³/mol. The fourth-order valence-electron chi connectivity index (χ4n) is 1.73. The van der Waals surface area contributed by atoms with Gasteiger partial charge in [-0.15, -0.1) is 0 Å². The lowest BCUT2D eigenvalue weighted by atomic mass is 10.2. The Morgan fingerprint density at radius 2 is 2.20 bits per heavy atom. The topological polar surface area (TPSA) is 72.6 Å². The van der Waals surface area contributed by atoms with E-state index in [4.69, 9.17) is 20.9 Å². The van der Waals surface area contributed by atoms with Crippen molar-refractivity contribution in [2.24, 2.45) is 0 Å². The first-order chi connectivity index (χ1) is 9.35. The van der Waals surface area contributed by atoms with E-state index in [1.165, 1.54) is 14.2 Å². The van der Waals surface area contributed by atoms with Gasteiger partial charge in [-0.25, -0.2) is 8.42 Å². The van der Waals surface area contributed by atoms with Gasteiger partial charge in [0.25, 0.3) is 0 Å². The second kappa shape index (κ2) is 5.59. The van der Waals surface area contributed by atoms with Gasteiger partial charge < -0.3 is 9.26 Å². The van der Waals surface area contributed by atoms with E-state index in [9.17, 15) is 8.42 Å². The summed E-state index contributed by atoms with van der Waals surface area (Å²) in [5, 5.41) is 4.84. The first-order valence-corrected chi connectivity index (χ1v) is 7.88. The highest BCUT2D eigenvalue weighted by molar-refractivity contribution is 7.92. The molecule has 20 heavy (non-hydrogen) atoms. The quantitative estimate of drug-likeness (QED) is 0.845. The lowest BCUT2D eigenvalue weighted by molar-refractivity contribution is 0.136. The molecule has 0 fully saturated rings. The van der Waals surface area contributed by atoms with E-state index >= 15 is 0 Å². The Balaban J connectivity index is 2.40. The minimum Gasteiger partial charge on any atom is -0.381 e. The van der Waals surface area contributed by atoms with Gasteiger partial charge in [0.1, 0.15) is 0 Å². The molecule has 0 aliphatic heterocycles. The molecule has 0 N–H and O–H groups in total. The minimum atomic E-state index is -3.56. The molecule has 110 valence electrons. The zero-order chi connectivity index (χ0) is 14.9. The Hall–Kier alpha value is -1.31. The summed E-state index contributed by atoms with van der Waals surface area (Å²) in [5.74, 6) is 0.0698. The van der Waals surface area contributed by atoms with Crippen LogP contribution in [0.25, 0.3) is 11.0 Å². The molecule has 1 heterocycles. The van der Waals surface area contributed by atoms with Crippen molar-refractivity contribution in [3.05, 3.63) is 23.2 Å². The molecule has 0 bridgehead atoms. The number of fused-ring (bicyclic) bond motifs is 1. The molecule has 0 aliphatic carbocycles. The third-order valence-electron chi connectivity index (χ3n) is 2.98. The molecule has 0 aliphatic rings. The van der Waals surface area contributed by atoms with Gasteiger partial charge in [0.05, 0.1) is 17.2 Å². The second-order valence-corrected chi connectivity index (χ2v) is 6.92. The first-order valence-electron chi connectivity index (χ1n) is 5.89. The number of methoxy groups -OCH3 is 1. The van der Waals surface area contributed by atoms with Crippen molar-refractivity contribution in [3.8, 4) is 0 Å². The maximum absolute atomic E-state index is 12.3. The maximum Gasteiger partial charge on any atom is 0.238 e. The number of aromatic nitrogens is 1. The van der Waals surface area contributed by atoms with Crippen molar-refractivity contribution in [2.75, 3.05) is 24.2 Å². The molecule has 2 aromatic rings. The Labute approximate surface area is 122 Å². The highest BCUT2D eigenvalue weighted by atomic mass is 35.5. The largest absolute Gasteiger partial charge is 0.381 e. The Bertz CT molecular complexity index is 713. The van der Waals surface area contributed by atoms with E-state index in [0.29, 0.717) is 16.0 Å². The first kappa shape index (κ1) is 15.1.